The maximum Gasteiger partial charge on any atom is 0.209 e. The van der Waals surface area contributed by atoms with Crippen LogP contribution < -0.4 is 9.46 Å². The van der Waals surface area contributed by atoms with Crippen LogP contribution in [-0.2, 0) is 16.6 Å². The second kappa shape index (κ2) is 11.4. The van der Waals surface area contributed by atoms with Crippen LogP contribution in [0.3, 0.4) is 0 Å². The van der Waals surface area contributed by atoms with Crippen molar-refractivity contribution in [1.29, 1.82) is 0 Å². The molecule has 4 aromatic heterocycles. The predicted molar refractivity (Wildman–Crippen MR) is 167 cm³/mol. The average molecular weight is 612 g/mol. The van der Waals surface area contributed by atoms with E-state index in [0.29, 0.717) is 33.7 Å². The highest BCUT2D eigenvalue weighted by molar-refractivity contribution is 7.88. The first-order valence-electron chi connectivity index (χ1n) is 14.5. The third kappa shape index (κ3) is 5.90. The molecule has 0 aliphatic heterocycles. The van der Waals surface area contributed by atoms with Crippen molar-refractivity contribution in [2.24, 2.45) is 0 Å². The Balaban J connectivity index is 1.23. The molecule has 1 saturated carbocycles. The van der Waals surface area contributed by atoms with E-state index >= 15 is 0 Å². The van der Waals surface area contributed by atoms with E-state index in [0.717, 1.165) is 52.5 Å². The number of ether oxygens (including phenoxy) is 1. The van der Waals surface area contributed by atoms with Gasteiger partial charge in [-0.2, -0.15) is 5.10 Å². The summed E-state index contributed by atoms with van der Waals surface area (Å²) >= 11 is 0. The molecule has 0 bridgehead atoms. The molecule has 7 rings (SSSR count). The third-order valence-corrected chi connectivity index (χ3v) is 8.52. The molecule has 1 aliphatic carbocycles. The number of halogens is 1. The van der Waals surface area contributed by atoms with Gasteiger partial charge in [0.15, 0.2) is 5.82 Å². The van der Waals surface area contributed by atoms with Gasteiger partial charge in [-0.3, -0.25) is 15.1 Å². The molecule has 12 heteroatoms. The van der Waals surface area contributed by atoms with Crippen LogP contribution in [0.15, 0.2) is 67.1 Å². The lowest BCUT2D eigenvalue weighted by Crippen LogP contribution is -2.21. The van der Waals surface area contributed by atoms with Crippen LogP contribution in [0.25, 0.3) is 55.8 Å². The number of para-hydroxylation sites is 1. The van der Waals surface area contributed by atoms with E-state index in [4.69, 9.17) is 9.72 Å². The largest absolute Gasteiger partial charge is 0.489 e. The minimum absolute atomic E-state index is 0.0217. The number of rotatable bonds is 8. The van der Waals surface area contributed by atoms with Crippen LogP contribution in [0, 0.1) is 5.82 Å². The minimum Gasteiger partial charge on any atom is -0.489 e. The zero-order valence-electron chi connectivity index (χ0n) is 24.0. The Hall–Kier alpha value is -4.68. The normalized spacial score (nSPS) is 14.4. The number of H-pyrrole nitrogens is 2. The summed E-state index contributed by atoms with van der Waals surface area (Å²) in [7, 11) is -3.43. The summed E-state index contributed by atoms with van der Waals surface area (Å²) in [6, 6.07) is 14.0. The molecule has 6 aromatic rings. The molecule has 0 amide bonds. The summed E-state index contributed by atoms with van der Waals surface area (Å²) in [5, 5.41) is 8.42. The van der Waals surface area contributed by atoms with Crippen molar-refractivity contribution in [2.45, 2.75) is 44.8 Å². The van der Waals surface area contributed by atoms with E-state index in [1.807, 2.05) is 30.3 Å². The first-order valence-corrected chi connectivity index (χ1v) is 16.4. The van der Waals surface area contributed by atoms with E-state index < -0.39 is 15.8 Å². The lowest BCUT2D eigenvalue weighted by Gasteiger charge is -2.22. The van der Waals surface area contributed by atoms with E-state index in [2.05, 4.69) is 29.9 Å². The molecule has 224 valence electrons. The SMILES string of the molecule is CS(=O)(=O)NCc1cc(F)cc(-c2cccc3[nH]c(-c4n[nH]c5cnc(-c6cncc(OC7CCCCC7)c6)cc45)nc23)c1. The van der Waals surface area contributed by atoms with Crippen LogP contribution in [0.1, 0.15) is 37.7 Å². The fourth-order valence-corrected chi connectivity index (χ4v) is 6.18. The Kier molecular flexibility index (Phi) is 7.31. The van der Waals surface area contributed by atoms with Crippen LogP contribution in [-0.4, -0.2) is 50.9 Å². The Morgan fingerprint density at radius 2 is 1.86 bits per heavy atom. The number of nitrogens with zero attached hydrogens (tertiary/aromatic N) is 4. The molecule has 0 saturated heterocycles. The fourth-order valence-electron chi connectivity index (χ4n) is 5.75. The Labute approximate surface area is 253 Å². The maximum atomic E-state index is 14.6. The zero-order valence-corrected chi connectivity index (χ0v) is 24.8. The minimum atomic E-state index is -3.43. The number of aromatic amines is 2. The number of benzene rings is 2. The van der Waals surface area contributed by atoms with Crippen LogP contribution in [0.2, 0.25) is 0 Å². The molecule has 0 unspecified atom stereocenters. The monoisotopic (exact) mass is 611 g/mol. The number of aromatic nitrogens is 6. The van der Waals surface area contributed by atoms with E-state index in [1.54, 1.807) is 24.7 Å². The molecular weight excluding hydrogens is 581 g/mol. The van der Waals surface area contributed by atoms with Crippen molar-refractivity contribution in [3.8, 4) is 39.7 Å². The predicted octanol–water partition coefficient (Wildman–Crippen LogP) is 6.13. The summed E-state index contributed by atoms with van der Waals surface area (Å²) < 4.78 is 46.4. The molecular formula is C32H30FN7O3S. The number of hydrogen-bond acceptors (Lipinski definition) is 7. The molecule has 2 aromatic carbocycles. The second-order valence-corrected chi connectivity index (χ2v) is 13.0. The molecule has 44 heavy (non-hydrogen) atoms. The summed E-state index contributed by atoms with van der Waals surface area (Å²) in [4.78, 5) is 17.3. The Morgan fingerprint density at radius 1 is 1.00 bits per heavy atom. The summed E-state index contributed by atoms with van der Waals surface area (Å²) in [5.41, 5.74) is 6.11. The number of sulfonamides is 1. The fraction of sp³-hybridized carbons (Fsp3) is 0.250. The van der Waals surface area contributed by atoms with Crippen LogP contribution in [0.5, 0.6) is 5.75 Å². The highest BCUT2D eigenvalue weighted by Gasteiger charge is 2.18. The van der Waals surface area contributed by atoms with Crippen molar-refractivity contribution in [3.63, 3.8) is 0 Å². The third-order valence-electron chi connectivity index (χ3n) is 7.86. The van der Waals surface area contributed by atoms with Crippen molar-refractivity contribution < 1.29 is 17.5 Å². The van der Waals surface area contributed by atoms with Gasteiger partial charge in [0.25, 0.3) is 0 Å². The lowest BCUT2D eigenvalue weighted by atomic mass is 9.98. The molecule has 10 nitrogen and oxygen atoms in total. The standard InChI is InChI=1S/C32H30FN7O3S/c1-44(41,42)36-15-19-10-20(12-22(33)11-19)25-8-5-9-27-30(25)38-32(37-27)31-26-14-28(35-18-29(26)39-40-31)21-13-24(17-34-16-21)43-23-6-3-2-4-7-23/h5,8-14,16-18,23,36H,2-4,6-7,15H2,1H3,(H,37,38)(H,39,40). The Bertz CT molecular complexity index is 2100. The van der Waals surface area contributed by atoms with Gasteiger partial charge in [-0.05, 0) is 73.2 Å². The number of nitrogens with one attached hydrogen (secondary N) is 3. The highest BCUT2D eigenvalue weighted by Crippen LogP contribution is 2.34. The first kappa shape index (κ1) is 28.1. The quantitative estimate of drug-likeness (QED) is 0.188. The van der Waals surface area contributed by atoms with Gasteiger partial charge in [0, 0.05) is 29.3 Å². The van der Waals surface area contributed by atoms with Crippen molar-refractivity contribution in [2.75, 3.05) is 6.26 Å². The molecule has 0 atom stereocenters. The van der Waals surface area contributed by atoms with Gasteiger partial charge in [-0.15, -0.1) is 0 Å². The second-order valence-electron chi connectivity index (χ2n) is 11.2. The molecule has 4 heterocycles. The van der Waals surface area contributed by atoms with Gasteiger partial charge in [-0.25, -0.2) is 22.5 Å². The van der Waals surface area contributed by atoms with Gasteiger partial charge in [-0.1, -0.05) is 18.6 Å². The van der Waals surface area contributed by atoms with Gasteiger partial charge >= 0.3 is 0 Å². The highest BCUT2D eigenvalue weighted by atomic mass is 32.2. The number of hydrogen-bond donors (Lipinski definition) is 3. The topological polar surface area (TPSA) is 139 Å². The smallest absolute Gasteiger partial charge is 0.209 e. The lowest BCUT2D eigenvalue weighted by molar-refractivity contribution is 0.154. The first-order chi connectivity index (χ1) is 21.3. The summed E-state index contributed by atoms with van der Waals surface area (Å²) in [5.74, 6) is 0.807. The molecule has 1 fully saturated rings. The van der Waals surface area contributed by atoms with Crippen molar-refractivity contribution in [1.82, 2.24) is 34.9 Å². The summed E-state index contributed by atoms with van der Waals surface area (Å²) in [6.45, 7) is -0.0217. The van der Waals surface area contributed by atoms with Gasteiger partial charge in [0.1, 0.15) is 17.3 Å². The van der Waals surface area contributed by atoms with E-state index in [9.17, 15) is 12.8 Å². The molecule has 3 N–H and O–H groups in total. The number of fused-ring (bicyclic) bond motifs is 2. The van der Waals surface area contributed by atoms with Gasteiger partial charge in [0.05, 0.1) is 47.0 Å². The Morgan fingerprint density at radius 3 is 2.70 bits per heavy atom. The van der Waals surface area contributed by atoms with Crippen molar-refractivity contribution in [3.05, 3.63) is 78.5 Å². The van der Waals surface area contributed by atoms with Gasteiger partial charge < -0.3 is 9.72 Å². The van der Waals surface area contributed by atoms with Gasteiger partial charge in [0.2, 0.25) is 10.0 Å². The zero-order chi connectivity index (χ0) is 30.3. The van der Waals surface area contributed by atoms with Crippen LogP contribution >= 0.6 is 0 Å². The maximum absolute atomic E-state index is 14.6. The van der Waals surface area contributed by atoms with E-state index in [-0.39, 0.29) is 12.6 Å². The molecule has 0 spiro atoms. The molecule has 1 aliphatic rings. The average Bonchev–Trinajstić information content (AvgIpc) is 3.64. The number of pyridine rings is 2. The summed E-state index contributed by atoms with van der Waals surface area (Å²) in [6.07, 6.45) is 12.3. The van der Waals surface area contributed by atoms with Crippen LogP contribution in [0.4, 0.5) is 4.39 Å². The number of imidazole rings is 1. The van der Waals surface area contributed by atoms with E-state index in [1.165, 1.54) is 31.4 Å². The van der Waals surface area contributed by atoms with Crippen molar-refractivity contribution >= 4 is 32.0 Å². The molecule has 0 radical (unpaired) electrons.